The Balaban J connectivity index is 2.33. The molecular formula is C12H23Si. The molecule has 0 aliphatic heterocycles. The average molecular weight is 195 g/mol. The Morgan fingerprint density at radius 3 is 2.00 bits per heavy atom. The third kappa shape index (κ3) is 1.03. The molecule has 2 aliphatic carbocycles. The molecule has 75 valence electrons. The highest BCUT2D eigenvalue weighted by molar-refractivity contribution is 6.57. The Labute approximate surface area is 84.7 Å². The SMILES string of the molecule is C[Si](C)C1CC2CCC1(C)C2(C)C. The highest BCUT2D eigenvalue weighted by Crippen LogP contribution is 2.71. The van der Waals surface area contributed by atoms with Gasteiger partial charge in [0.05, 0.1) is 0 Å². The van der Waals surface area contributed by atoms with Crippen LogP contribution in [0.15, 0.2) is 0 Å². The first-order valence-corrected chi connectivity index (χ1v) is 8.27. The molecule has 0 aromatic rings. The van der Waals surface area contributed by atoms with E-state index < -0.39 is 0 Å². The molecule has 0 N–H and O–H groups in total. The second-order valence-electron chi connectivity index (χ2n) is 6.24. The Morgan fingerprint density at radius 2 is 1.77 bits per heavy atom. The van der Waals surface area contributed by atoms with Crippen molar-refractivity contribution in [3.8, 4) is 0 Å². The molecule has 0 heterocycles. The fourth-order valence-corrected chi connectivity index (χ4v) is 6.62. The topological polar surface area (TPSA) is 0 Å². The Hall–Kier alpha value is 0.217. The van der Waals surface area contributed by atoms with E-state index in [4.69, 9.17) is 0 Å². The molecule has 0 nitrogen and oxygen atoms in total. The van der Waals surface area contributed by atoms with Gasteiger partial charge in [0.25, 0.3) is 0 Å². The van der Waals surface area contributed by atoms with Crippen LogP contribution in [-0.4, -0.2) is 8.80 Å². The van der Waals surface area contributed by atoms with E-state index in [0.717, 1.165) is 11.5 Å². The van der Waals surface area contributed by atoms with Crippen molar-refractivity contribution in [1.82, 2.24) is 0 Å². The highest BCUT2D eigenvalue weighted by atomic mass is 28.3. The summed E-state index contributed by atoms with van der Waals surface area (Å²) in [6.07, 6.45) is 4.56. The van der Waals surface area contributed by atoms with Crippen LogP contribution in [0.25, 0.3) is 0 Å². The number of hydrogen-bond donors (Lipinski definition) is 0. The summed E-state index contributed by atoms with van der Waals surface area (Å²) in [7, 11) is -0.0704. The lowest BCUT2D eigenvalue weighted by atomic mass is 9.71. The lowest BCUT2D eigenvalue weighted by molar-refractivity contribution is 0.151. The number of hydrogen-bond acceptors (Lipinski definition) is 0. The van der Waals surface area contributed by atoms with Crippen molar-refractivity contribution < 1.29 is 0 Å². The lowest BCUT2D eigenvalue weighted by Crippen LogP contribution is -2.34. The van der Waals surface area contributed by atoms with E-state index in [9.17, 15) is 0 Å². The van der Waals surface area contributed by atoms with E-state index in [0.29, 0.717) is 10.8 Å². The zero-order valence-corrected chi connectivity index (χ0v) is 10.8. The van der Waals surface area contributed by atoms with Crippen molar-refractivity contribution >= 4 is 8.80 Å². The van der Waals surface area contributed by atoms with Crippen molar-refractivity contribution in [3.63, 3.8) is 0 Å². The first-order chi connectivity index (χ1) is 5.89. The minimum absolute atomic E-state index is 0.0704. The molecule has 0 saturated heterocycles. The van der Waals surface area contributed by atoms with Gasteiger partial charge in [0, 0.05) is 8.80 Å². The number of rotatable bonds is 1. The Bertz CT molecular complexity index is 219. The molecule has 0 aromatic heterocycles. The zero-order valence-electron chi connectivity index (χ0n) is 9.78. The minimum Gasteiger partial charge on any atom is -0.0710 e. The summed E-state index contributed by atoms with van der Waals surface area (Å²) in [5.74, 6) is 1.04. The fraction of sp³-hybridized carbons (Fsp3) is 1.00. The predicted octanol–water partition coefficient (Wildman–Crippen LogP) is 3.96. The molecule has 2 rings (SSSR count). The summed E-state index contributed by atoms with van der Waals surface area (Å²) < 4.78 is 0. The van der Waals surface area contributed by atoms with Gasteiger partial charge in [-0.2, -0.15) is 0 Å². The van der Waals surface area contributed by atoms with Crippen molar-refractivity contribution in [3.05, 3.63) is 0 Å². The van der Waals surface area contributed by atoms with E-state index in [2.05, 4.69) is 33.9 Å². The van der Waals surface area contributed by atoms with Gasteiger partial charge in [0.1, 0.15) is 0 Å². The predicted molar refractivity (Wildman–Crippen MR) is 60.5 cm³/mol. The first kappa shape index (κ1) is 9.76. The molecule has 1 radical (unpaired) electrons. The molecule has 2 saturated carbocycles. The van der Waals surface area contributed by atoms with Gasteiger partial charge in [-0.05, 0) is 41.6 Å². The maximum absolute atomic E-state index is 2.57. The molecule has 2 bridgehead atoms. The van der Waals surface area contributed by atoms with Crippen molar-refractivity contribution in [1.29, 1.82) is 0 Å². The monoisotopic (exact) mass is 195 g/mol. The van der Waals surface area contributed by atoms with Gasteiger partial charge in [0.15, 0.2) is 0 Å². The van der Waals surface area contributed by atoms with Crippen LogP contribution < -0.4 is 0 Å². The zero-order chi connectivity index (χ0) is 9.85. The van der Waals surface area contributed by atoms with Crippen molar-refractivity contribution in [2.45, 2.75) is 58.7 Å². The quantitative estimate of drug-likeness (QED) is 0.556. The second kappa shape index (κ2) is 2.62. The maximum Gasteiger partial charge on any atom is 0.0452 e. The Kier molecular flexibility index (Phi) is 1.97. The maximum atomic E-state index is 2.57. The smallest absolute Gasteiger partial charge is 0.0452 e. The second-order valence-corrected chi connectivity index (χ2v) is 9.09. The summed E-state index contributed by atoms with van der Waals surface area (Å²) in [6, 6.07) is 0. The van der Waals surface area contributed by atoms with E-state index >= 15 is 0 Å². The molecule has 13 heavy (non-hydrogen) atoms. The van der Waals surface area contributed by atoms with Gasteiger partial charge in [-0.25, -0.2) is 0 Å². The van der Waals surface area contributed by atoms with Crippen LogP contribution in [-0.2, 0) is 0 Å². The van der Waals surface area contributed by atoms with Crippen LogP contribution in [0, 0.1) is 16.7 Å². The van der Waals surface area contributed by atoms with E-state index in [-0.39, 0.29) is 8.80 Å². The van der Waals surface area contributed by atoms with Gasteiger partial charge in [-0.15, -0.1) is 0 Å². The molecule has 2 fully saturated rings. The summed E-state index contributed by atoms with van der Waals surface area (Å²) >= 11 is 0. The van der Waals surface area contributed by atoms with Gasteiger partial charge in [-0.1, -0.05) is 33.9 Å². The van der Waals surface area contributed by atoms with E-state index in [1.54, 1.807) is 6.42 Å². The van der Waals surface area contributed by atoms with Crippen LogP contribution in [0.4, 0.5) is 0 Å². The average Bonchev–Trinajstić information content (AvgIpc) is 2.34. The van der Waals surface area contributed by atoms with E-state index in [1.807, 2.05) is 0 Å². The normalized spacial score (nSPS) is 47.5. The van der Waals surface area contributed by atoms with Crippen molar-refractivity contribution in [2.24, 2.45) is 16.7 Å². The first-order valence-electron chi connectivity index (χ1n) is 5.69. The van der Waals surface area contributed by atoms with E-state index in [1.165, 1.54) is 12.8 Å². The number of fused-ring (bicyclic) bond motifs is 2. The summed E-state index contributed by atoms with van der Waals surface area (Å²) in [5.41, 5.74) is 2.42. The summed E-state index contributed by atoms with van der Waals surface area (Å²) in [5, 5.41) is 0. The third-order valence-electron chi connectivity index (χ3n) is 5.49. The fourth-order valence-electron chi connectivity index (χ4n) is 4.08. The summed E-state index contributed by atoms with van der Waals surface area (Å²) in [4.78, 5) is 0. The molecule has 0 amide bonds. The molecular weight excluding hydrogens is 172 g/mol. The van der Waals surface area contributed by atoms with Crippen molar-refractivity contribution in [2.75, 3.05) is 0 Å². The molecule has 2 aliphatic rings. The summed E-state index contributed by atoms with van der Waals surface area (Å²) in [6.45, 7) is 12.6. The van der Waals surface area contributed by atoms with Crippen LogP contribution in [0.2, 0.25) is 18.6 Å². The molecule has 0 spiro atoms. The van der Waals surface area contributed by atoms with Gasteiger partial charge in [-0.3, -0.25) is 0 Å². The molecule has 0 aromatic carbocycles. The third-order valence-corrected chi connectivity index (χ3v) is 7.76. The molecule has 1 heteroatoms. The molecule has 3 atom stereocenters. The largest absolute Gasteiger partial charge is 0.0710 e. The highest BCUT2D eigenvalue weighted by Gasteiger charge is 2.61. The van der Waals surface area contributed by atoms with Crippen LogP contribution >= 0.6 is 0 Å². The van der Waals surface area contributed by atoms with Gasteiger partial charge >= 0.3 is 0 Å². The van der Waals surface area contributed by atoms with Crippen LogP contribution in [0.1, 0.15) is 40.0 Å². The minimum atomic E-state index is -0.0704. The van der Waals surface area contributed by atoms with Gasteiger partial charge < -0.3 is 0 Å². The standard InChI is InChI=1S/C12H23Si/c1-11(2)9-6-7-12(11,3)10(8-9)13(4)5/h9-10H,6-8H2,1-5H3. The van der Waals surface area contributed by atoms with Crippen LogP contribution in [0.5, 0.6) is 0 Å². The Morgan fingerprint density at radius 1 is 1.15 bits per heavy atom. The van der Waals surface area contributed by atoms with Crippen LogP contribution in [0.3, 0.4) is 0 Å². The lowest BCUT2D eigenvalue weighted by Gasteiger charge is -2.40. The molecule has 3 unspecified atom stereocenters. The van der Waals surface area contributed by atoms with Gasteiger partial charge in [0.2, 0.25) is 0 Å².